The van der Waals surface area contributed by atoms with Crippen molar-refractivity contribution in [3.8, 4) is 0 Å². The monoisotopic (exact) mass is 274 g/mol. The SMILES string of the molecule is CC(C)(C)C1CCN(C(C)(CN)Cc2ccccc2)C1. The van der Waals surface area contributed by atoms with E-state index in [4.69, 9.17) is 5.73 Å². The van der Waals surface area contributed by atoms with Crippen molar-refractivity contribution < 1.29 is 0 Å². The number of nitrogens with zero attached hydrogens (tertiary/aromatic N) is 1. The minimum atomic E-state index is 0.0847. The van der Waals surface area contributed by atoms with E-state index < -0.39 is 0 Å². The van der Waals surface area contributed by atoms with Crippen LogP contribution in [0.4, 0.5) is 0 Å². The van der Waals surface area contributed by atoms with Crippen molar-refractivity contribution in [1.29, 1.82) is 0 Å². The lowest BCUT2D eigenvalue weighted by molar-refractivity contribution is 0.123. The molecule has 1 saturated heterocycles. The van der Waals surface area contributed by atoms with E-state index in [1.54, 1.807) is 0 Å². The first-order valence-electron chi connectivity index (χ1n) is 7.84. The van der Waals surface area contributed by atoms with Crippen LogP contribution in [0, 0.1) is 11.3 Å². The van der Waals surface area contributed by atoms with Crippen LogP contribution in [-0.2, 0) is 6.42 Å². The van der Waals surface area contributed by atoms with Crippen LogP contribution < -0.4 is 5.73 Å². The summed E-state index contributed by atoms with van der Waals surface area (Å²) in [5.74, 6) is 0.782. The predicted octanol–water partition coefficient (Wildman–Crippen LogP) is 3.31. The van der Waals surface area contributed by atoms with Crippen LogP contribution in [0.1, 0.15) is 39.7 Å². The van der Waals surface area contributed by atoms with Crippen LogP contribution in [0.25, 0.3) is 0 Å². The smallest absolute Gasteiger partial charge is 0.0343 e. The third kappa shape index (κ3) is 3.42. The second-order valence-corrected chi connectivity index (χ2v) is 7.66. The Labute approximate surface area is 124 Å². The van der Waals surface area contributed by atoms with Gasteiger partial charge in [-0.15, -0.1) is 0 Å². The molecule has 0 radical (unpaired) electrons. The van der Waals surface area contributed by atoms with Gasteiger partial charge in [-0.25, -0.2) is 0 Å². The molecule has 112 valence electrons. The van der Waals surface area contributed by atoms with Gasteiger partial charge in [-0.2, -0.15) is 0 Å². The zero-order valence-corrected chi connectivity index (χ0v) is 13.5. The molecule has 2 atom stereocenters. The van der Waals surface area contributed by atoms with E-state index in [1.165, 1.54) is 25.1 Å². The second-order valence-electron chi connectivity index (χ2n) is 7.66. The van der Waals surface area contributed by atoms with Gasteiger partial charge in [-0.1, -0.05) is 51.1 Å². The summed E-state index contributed by atoms with van der Waals surface area (Å²) in [7, 11) is 0. The fraction of sp³-hybridized carbons (Fsp3) is 0.667. The van der Waals surface area contributed by atoms with Gasteiger partial charge in [0.15, 0.2) is 0 Å². The average Bonchev–Trinajstić information content (AvgIpc) is 2.90. The number of benzene rings is 1. The molecule has 2 nitrogen and oxygen atoms in total. The van der Waals surface area contributed by atoms with Gasteiger partial charge in [0.2, 0.25) is 0 Å². The van der Waals surface area contributed by atoms with Crippen molar-refractivity contribution in [1.82, 2.24) is 4.90 Å². The number of hydrogen-bond acceptors (Lipinski definition) is 2. The molecule has 1 aliphatic heterocycles. The van der Waals surface area contributed by atoms with Gasteiger partial charge >= 0.3 is 0 Å². The van der Waals surface area contributed by atoms with Crippen LogP contribution in [0.2, 0.25) is 0 Å². The maximum atomic E-state index is 6.15. The first-order chi connectivity index (χ1) is 9.35. The van der Waals surface area contributed by atoms with Crippen molar-refractivity contribution in [2.24, 2.45) is 17.1 Å². The number of hydrogen-bond donors (Lipinski definition) is 1. The Kier molecular flexibility index (Phi) is 4.55. The third-order valence-corrected chi connectivity index (χ3v) is 5.04. The second kappa shape index (κ2) is 5.87. The lowest BCUT2D eigenvalue weighted by Gasteiger charge is -2.39. The highest BCUT2D eigenvalue weighted by atomic mass is 15.2. The summed E-state index contributed by atoms with van der Waals surface area (Å²) in [6, 6.07) is 10.7. The topological polar surface area (TPSA) is 29.3 Å². The fourth-order valence-electron chi connectivity index (χ4n) is 3.31. The quantitative estimate of drug-likeness (QED) is 0.912. The molecule has 20 heavy (non-hydrogen) atoms. The number of nitrogens with two attached hydrogens (primary N) is 1. The van der Waals surface area contributed by atoms with Crippen molar-refractivity contribution in [2.45, 2.75) is 46.1 Å². The highest BCUT2D eigenvalue weighted by Crippen LogP contribution is 2.37. The summed E-state index contributed by atoms with van der Waals surface area (Å²) in [5, 5.41) is 0. The van der Waals surface area contributed by atoms with E-state index >= 15 is 0 Å². The molecule has 2 unspecified atom stereocenters. The average molecular weight is 274 g/mol. The Morgan fingerprint density at radius 3 is 2.30 bits per heavy atom. The zero-order chi connectivity index (χ0) is 14.8. The van der Waals surface area contributed by atoms with Crippen molar-refractivity contribution in [2.75, 3.05) is 19.6 Å². The highest BCUT2D eigenvalue weighted by Gasteiger charge is 2.39. The first-order valence-corrected chi connectivity index (χ1v) is 7.84. The zero-order valence-electron chi connectivity index (χ0n) is 13.5. The molecular weight excluding hydrogens is 244 g/mol. The molecule has 0 bridgehead atoms. The summed E-state index contributed by atoms with van der Waals surface area (Å²) >= 11 is 0. The minimum absolute atomic E-state index is 0.0847. The molecule has 2 N–H and O–H groups in total. The summed E-state index contributed by atoms with van der Waals surface area (Å²) in [6.07, 6.45) is 2.34. The number of rotatable bonds is 4. The normalized spacial score (nSPS) is 23.8. The van der Waals surface area contributed by atoms with E-state index in [-0.39, 0.29) is 5.54 Å². The van der Waals surface area contributed by atoms with E-state index in [9.17, 15) is 0 Å². The fourth-order valence-corrected chi connectivity index (χ4v) is 3.31. The first kappa shape index (κ1) is 15.5. The summed E-state index contributed by atoms with van der Waals surface area (Å²) in [4.78, 5) is 2.62. The van der Waals surface area contributed by atoms with Crippen LogP contribution in [0.15, 0.2) is 30.3 Å². The van der Waals surface area contributed by atoms with E-state index in [1.807, 2.05) is 0 Å². The van der Waals surface area contributed by atoms with Gasteiger partial charge in [0.25, 0.3) is 0 Å². The lowest BCUT2D eigenvalue weighted by Crippen LogP contribution is -2.52. The lowest BCUT2D eigenvalue weighted by atomic mass is 9.80. The molecule has 1 aromatic rings. The van der Waals surface area contributed by atoms with Crippen LogP contribution in [0.5, 0.6) is 0 Å². The molecule has 0 aromatic heterocycles. The molecule has 0 aliphatic carbocycles. The maximum Gasteiger partial charge on any atom is 0.0343 e. The molecule has 0 saturated carbocycles. The van der Waals surface area contributed by atoms with Crippen LogP contribution >= 0.6 is 0 Å². The van der Waals surface area contributed by atoms with Crippen molar-refractivity contribution in [3.63, 3.8) is 0 Å². The van der Waals surface area contributed by atoms with Gasteiger partial charge in [0, 0.05) is 18.6 Å². The van der Waals surface area contributed by atoms with Gasteiger partial charge in [-0.05, 0) is 43.2 Å². The van der Waals surface area contributed by atoms with E-state index in [0.717, 1.165) is 18.9 Å². The Hall–Kier alpha value is -0.860. The molecule has 0 amide bonds. The largest absolute Gasteiger partial charge is 0.329 e. The molecule has 1 aromatic carbocycles. The molecule has 1 fully saturated rings. The number of likely N-dealkylation sites (tertiary alicyclic amines) is 1. The molecule has 2 heteroatoms. The Bertz CT molecular complexity index is 421. The minimum Gasteiger partial charge on any atom is -0.329 e. The summed E-state index contributed by atoms with van der Waals surface area (Å²) < 4.78 is 0. The van der Waals surface area contributed by atoms with Crippen LogP contribution in [0.3, 0.4) is 0 Å². The van der Waals surface area contributed by atoms with Gasteiger partial charge in [-0.3, -0.25) is 4.90 Å². The van der Waals surface area contributed by atoms with E-state index in [0.29, 0.717) is 5.41 Å². The van der Waals surface area contributed by atoms with Gasteiger partial charge in [0.05, 0.1) is 0 Å². The van der Waals surface area contributed by atoms with Crippen molar-refractivity contribution in [3.05, 3.63) is 35.9 Å². The maximum absolute atomic E-state index is 6.15. The van der Waals surface area contributed by atoms with Crippen LogP contribution in [-0.4, -0.2) is 30.1 Å². The molecular formula is C18H30N2. The summed E-state index contributed by atoms with van der Waals surface area (Å²) in [6.45, 7) is 12.5. The molecule has 2 rings (SSSR count). The standard InChI is InChI=1S/C18H30N2/c1-17(2,3)16-10-11-20(13-16)18(4,14-19)12-15-8-6-5-7-9-15/h5-9,16H,10-14,19H2,1-4H3. The molecule has 0 spiro atoms. The van der Waals surface area contributed by atoms with Gasteiger partial charge < -0.3 is 5.73 Å². The Morgan fingerprint density at radius 2 is 1.80 bits per heavy atom. The third-order valence-electron chi connectivity index (χ3n) is 5.04. The van der Waals surface area contributed by atoms with E-state index in [2.05, 4.69) is 62.9 Å². The molecule has 1 aliphatic rings. The van der Waals surface area contributed by atoms with Gasteiger partial charge in [0.1, 0.15) is 0 Å². The Balaban J connectivity index is 2.08. The molecule has 1 heterocycles. The highest BCUT2D eigenvalue weighted by molar-refractivity contribution is 5.18. The summed E-state index contributed by atoms with van der Waals surface area (Å²) in [5.41, 5.74) is 8.02. The Morgan fingerprint density at radius 1 is 1.15 bits per heavy atom. The van der Waals surface area contributed by atoms with Crippen molar-refractivity contribution >= 4 is 0 Å². The predicted molar refractivity (Wildman–Crippen MR) is 86.7 cm³/mol.